The van der Waals surface area contributed by atoms with E-state index in [4.69, 9.17) is 4.74 Å². The fourth-order valence-electron chi connectivity index (χ4n) is 1.85. The zero-order valence-electron chi connectivity index (χ0n) is 11.4. The monoisotopic (exact) mass is 272 g/mol. The molecule has 1 N–H and O–H groups in total. The van der Waals surface area contributed by atoms with E-state index >= 15 is 0 Å². The normalized spacial score (nSPS) is 12.9. The highest BCUT2D eigenvalue weighted by Gasteiger charge is 2.18. The van der Waals surface area contributed by atoms with Crippen LogP contribution in [0, 0.1) is 17.0 Å². The lowest BCUT2D eigenvalue weighted by atomic mass is 10.3. The van der Waals surface area contributed by atoms with Gasteiger partial charge in [0.25, 0.3) is 0 Å². The van der Waals surface area contributed by atoms with Gasteiger partial charge in [-0.1, -0.05) is 0 Å². The van der Waals surface area contributed by atoms with Crippen LogP contribution in [0.3, 0.4) is 0 Å². The van der Waals surface area contributed by atoms with Gasteiger partial charge in [0.1, 0.15) is 12.7 Å². The second-order valence-electron chi connectivity index (χ2n) is 4.44. The number of aliphatic hydroxyl groups excluding tert-OH is 1. The van der Waals surface area contributed by atoms with Crippen molar-refractivity contribution < 1.29 is 14.8 Å². The van der Waals surface area contributed by atoms with Gasteiger partial charge >= 0.3 is 5.82 Å². The van der Waals surface area contributed by atoms with Gasteiger partial charge in [0.15, 0.2) is 5.82 Å². The molecule has 19 heavy (non-hydrogen) atoms. The van der Waals surface area contributed by atoms with Gasteiger partial charge in [0.2, 0.25) is 0 Å². The predicted octanol–water partition coefficient (Wildman–Crippen LogP) is 0.0388. The van der Waals surface area contributed by atoms with E-state index in [1.807, 2.05) is 11.9 Å². The molecular formula is C11H20N4O4. The number of imidazole rings is 1. The Balaban J connectivity index is 2.52. The Morgan fingerprint density at radius 1 is 1.68 bits per heavy atom. The molecule has 8 nitrogen and oxygen atoms in total. The topological polar surface area (TPSA) is 93.7 Å². The predicted molar refractivity (Wildman–Crippen MR) is 69.0 cm³/mol. The molecule has 0 saturated carbocycles. The molecule has 0 amide bonds. The maximum Gasteiger partial charge on any atom is 0.342 e. The van der Waals surface area contributed by atoms with Gasteiger partial charge in [0.05, 0.1) is 12.7 Å². The van der Waals surface area contributed by atoms with Crippen LogP contribution in [-0.4, -0.2) is 64.4 Å². The van der Waals surface area contributed by atoms with Crippen LogP contribution in [0.1, 0.15) is 5.82 Å². The van der Waals surface area contributed by atoms with Gasteiger partial charge in [-0.25, -0.2) is 9.55 Å². The number of aliphatic hydroxyl groups is 1. The third-order valence-electron chi connectivity index (χ3n) is 2.81. The van der Waals surface area contributed by atoms with Gasteiger partial charge in [-0.05, 0) is 12.0 Å². The van der Waals surface area contributed by atoms with Crippen LogP contribution in [-0.2, 0) is 11.3 Å². The fourth-order valence-corrected chi connectivity index (χ4v) is 1.85. The summed E-state index contributed by atoms with van der Waals surface area (Å²) >= 11 is 0. The van der Waals surface area contributed by atoms with E-state index in [1.54, 1.807) is 11.5 Å². The lowest BCUT2D eigenvalue weighted by molar-refractivity contribution is -0.392. The van der Waals surface area contributed by atoms with Gasteiger partial charge in [-0.15, -0.1) is 0 Å². The Morgan fingerprint density at radius 2 is 2.37 bits per heavy atom. The average molecular weight is 272 g/mol. The summed E-state index contributed by atoms with van der Waals surface area (Å²) in [6.07, 6.45) is 0.698. The van der Waals surface area contributed by atoms with E-state index in [9.17, 15) is 15.2 Å². The van der Waals surface area contributed by atoms with Gasteiger partial charge in [-0.2, -0.15) is 0 Å². The number of nitrogens with zero attached hydrogens (tertiary/aromatic N) is 4. The number of likely N-dealkylation sites (N-methyl/N-ethyl adjacent to an activating group) is 1. The molecule has 0 bridgehead atoms. The van der Waals surface area contributed by atoms with Crippen molar-refractivity contribution in [2.24, 2.45) is 0 Å². The molecule has 0 fully saturated rings. The highest BCUT2D eigenvalue weighted by atomic mass is 16.6. The molecule has 0 radical (unpaired) electrons. The largest absolute Gasteiger partial charge is 0.389 e. The van der Waals surface area contributed by atoms with E-state index in [0.29, 0.717) is 25.5 Å². The lowest BCUT2D eigenvalue weighted by Gasteiger charge is -2.19. The molecule has 108 valence electrons. The Labute approximate surface area is 111 Å². The first-order valence-electron chi connectivity index (χ1n) is 5.97. The summed E-state index contributed by atoms with van der Waals surface area (Å²) in [4.78, 5) is 16.2. The zero-order valence-corrected chi connectivity index (χ0v) is 11.4. The fraction of sp³-hybridized carbons (Fsp3) is 0.727. The molecule has 0 aromatic carbocycles. The van der Waals surface area contributed by atoms with E-state index in [-0.39, 0.29) is 12.4 Å². The van der Waals surface area contributed by atoms with Crippen LogP contribution in [0.2, 0.25) is 0 Å². The van der Waals surface area contributed by atoms with Gasteiger partial charge in [-0.3, -0.25) is 4.90 Å². The maximum atomic E-state index is 10.8. The Hall–Kier alpha value is -1.51. The summed E-state index contributed by atoms with van der Waals surface area (Å²) in [6.45, 7) is 3.49. The highest BCUT2D eigenvalue weighted by molar-refractivity contribution is 5.18. The number of hydrogen-bond acceptors (Lipinski definition) is 6. The molecule has 1 unspecified atom stereocenters. The van der Waals surface area contributed by atoms with Crippen LogP contribution in [0.5, 0.6) is 0 Å². The average Bonchev–Trinajstić information content (AvgIpc) is 2.68. The Morgan fingerprint density at radius 3 is 2.95 bits per heavy atom. The molecule has 0 aliphatic rings. The van der Waals surface area contributed by atoms with Crippen molar-refractivity contribution in [1.82, 2.24) is 14.5 Å². The number of hydrogen-bond donors (Lipinski definition) is 1. The van der Waals surface area contributed by atoms with E-state index < -0.39 is 11.0 Å². The minimum Gasteiger partial charge on any atom is -0.389 e. The van der Waals surface area contributed by atoms with Crippen molar-refractivity contribution in [2.75, 3.05) is 33.9 Å². The number of aromatic nitrogens is 2. The number of rotatable bonds is 8. The standard InChI is InChI=1S/C11H20N4O4/c1-9-12-6-11(15(17)18)14(9)5-4-13(2)7-10(16)8-19-3/h6,10,16H,4-5,7-8H2,1-3H3. The first-order chi connectivity index (χ1) is 8.95. The minimum absolute atomic E-state index is 0.0108. The van der Waals surface area contributed by atoms with Crippen molar-refractivity contribution in [2.45, 2.75) is 19.6 Å². The van der Waals surface area contributed by atoms with E-state index in [0.717, 1.165) is 0 Å². The molecule has 1 aromatic rings. The van der Waals surface area contributed by atoms with Gasteiger partial charge < -0.3 is 20.0 Å². The molecule has 8 heteroatoms. The minimum atomic E-state index is -0.561. The summed E-state index contributed by atoms with van der Waals surface area (Å²) in [6, 6.07) is 0. The number of methoxy groups -OCH3 is 1. The van der Waals surface area contributed by atoms with E-state index in [2.05, 4.69) is 4.98 Å². The molecule has 0 aliphatic heterocycles. The molecule has 0 aliphatic carbocycles. The summed E-state index contributed by atoms with van der Waals surface area (Å²) < 4.78 is 6.40. The third kappa shape index (κ3) is 4.58. The van der Waals surface area contributed by atoms with Crippen molar-refractivity contribution in [3.63, 3.8) is 0 Å². The van der Waals surface area contributed by atoms with Crippen LogP contribution in [0.4, 0.5) is 5.82 Å². The van der Waals surface area contributed by atoms with Crippen molar-refractivity contribution >= 4 is 5.82 Å². The van der Waals surface area contributed by atoms with Crippen LogP contribution in [0.25, 0.3) is 0 Å². The zero-order chi connectivity index (χ0) is 14.4. The van der Waals surface area contributed by atoms with Gasteiger partial charge in [0, 0.05) is 27.1 Å². The molecule has 1 atom stereocenters. The molecular weight excluding hydrogens is 252 g/mol. The SMILES string of the molecule is COCC(O)CN(C)CCn1c([N+](=O)[O-])cnc1C. The molecule has 1 rings (SSSR count). The summed E-state index contributed by atoms with van der Waals surface area (Å²) in [5.74, 6) is 0.598. The van der Waals surface area contributed by atoms with Crippen LogP contribution >= 0.6 is 0 Å². The molecule has 1 heterocycles. The number of ether oxygens (including phenoxy) is 1. The number of nitro groups is 1. The molecule has 1 aromatic heterocycles. The Bertz CT molecular complexity index is 421. The number of aryl methyl sites for hydroxylation is 1. The molecule has 0 saturated heterocycles. The van der Waals surface area contributed by atoms with Crippen LogP contribution < -0.4 is 0 Å². The summed E-state index contributed by atoms with van der Waals surface area (Å²) in [7, 11) is 3.37. The van der Waals surface area contributed by atoms with E-state index in [1.165, 1.54) is 13.3 Å². The van der Waals surface area contributed by atoms with Crippen molar-refractivity contribution in [3.8, 4) is 0 Å². The third-order valence-corrected chi connectivity index (χ3v) is 2.81. The van der Waals surface area contributed by atoms with Crippen molar-refractivity contribution in [3.05, 3.63) is 22.1 Å². The summed E-state index contributed by atoms with van der Waals surface area (Å²) in [5, 5.41) is 20.4. The first-order valence-corrected chi connectivity index (χ1v) is 5.97. The quantitative estimate of drug-likeness (QED) is 0.530. The van der Waals surface area contributed by atoms with Crippen LogP contribution in [0.15, 0.2) is 6.20 Å². The second-order valence-corrected chi connectivity index (χ2v) is 4.44. The lowest BCUT2D eigenvalue weighted by Crippen LogP contribution is -2.34. The maximum absolute atomic E-state index is 10.8. The summed E-state index contributed by atoms with van der Waals surface area (Å²) in [5.41, 5.74) is 0. The highest BCUT2D eigenvalue weighted by Crippen LogP contribution is 2.13. The molecule has 0 spiro atoms. The smallest absolute Gasteiger partial charge is 0.342 e. The first kappa shape index (κ1) is 15.5. The van der Waals surface area contributed by atoms with Crippen molar-refractivity contribution in [1.29, 1.82) is 0 Å². The Kier molecular flexibility index (Phi) is 5.87. The second kappa shape index (κ2) is 7.17.